The molecule has 1 saturated carbocycles. The van der Waals surface area contributed by atoms with Gasteiger partial charge in [-0.2, -0.15) is 4.31 Å². The molecular formula is C22H30N4O7S. The summed E-state index contributed by atoms with van der Waals surface area (Å²) in [5.41, 5.74) is -0.532. The summed E-state index contributed by atoms with van der Waals surface area (Å²) in [7, 11) is -3.85. The Labute approximate surface area is 198 Å². The number of nitrogens with one attached hydrogen (secondary N) is 2. The standard InChI is InChI=1S/C22H30N4O7S/c1-2-33-17-6-5-16(15-18(17)34(30,31)25-11-13-32-14-12-25)23-19(27)7-10-26-20(28)22(24-21(26)29)8-3-4-9-22/h5-6,15H,2-4,7-14H2,1H3,(H,23,27)(H,24,29). The quantitative estimate of drug-likeness (QED) is 0.520. The molecule has 0 radical (unpaired) electrons. The number of morpholine rings is 1. The van der Waals surface area contributed by atoms with E-state index in [0.29, 0.717) is 26.1 Å². The molecule has 2 heterocycles. The molecule has 0 atom stereocenters. The summed E-state index contributed by atoms with van der Waals surface area (Å²) in [6.45, 7) is 3.08. The molecule has 4 rings (SSSR count). The first-order valence-electron chi connectivity index (χ1n) is 11.6. The van der Waals surface area contributed by atoms with E-state index in [2.05, 4.69) is 10.6 Å². The highest BCUT2D eigenvalue weighted by Crippen LogP contribution is 2.35. The van der Waals surface area contributed by atoms with E-state index in [1.165, 1.54) is 16.4 Å². The molecule has 1 aromatic carbocycles. The Morgan fingerprint density at radius 1 is 1.21 bits per heavy atom. The number of imide groups is 1. The van der Waals surface area contributed by atoms with E-state index in [1.807, 2.05) is 0 Å². The van der Waals surface area contributed by atoms with Crippen molar-refractivity contribution in [2.75, 3.05) is 44.8 Å². The topological polar surface area (TPSA) is 134 Å². The Morgan fingerprint density at radius 2 is 1.91 bits per heavy atom. The molecule has 2 N–H and O–H groups in total. The minimum atomic E-state index is -3.85. The van der Waals surface area contributed by atoms with Gasteiger partial charge >= 0.3 is 6.03 Å². The molecule has 11 nitrogen and oxygen atoms in total. The van der Waals surface area contributed by atoms with Gasteiger partial charge in [-0.3, -0.25) is 14.5 Å². The lowest BCUT2D eigenvalue weighted by Gasteiger charge is -2.27. The number of anilines is 1. The van der Waals surface area contributed by atoms with Crippen molar-refractivity contribution in [2.45, 2.75) is 49.5 Å². The van der Waals surface area contributed by atoms with E-state index < -0.39 is 27.5 Å². The summed E-state index contributed by atoms with van der Waals surface area (Å²) >= 11 is 0. The first-order chi connectivity index (χ1) is 16.3. The Bertz CT molecular complexity index is 1060. The number of hydrogen-bond acceptors (Lipinski definition) is 7. The van der Waals surface area contributed by atoms with Gasteiger partial charge in [-0.1, -0.05) is 12.8 Å². The van der Waals surface area contributed by atoms with Gasteiger partial charge < -0.3 is 20.1 Å². The van der Waals surface area contributed by atoms with Gasteiger partial charge in [0.2, 0.25) is 15.9 Å². The third-order valence-corrected chi connectivity index (χ3v) is 8.30. The van der Waals surface area contributed by atoms with E-state index >= 15 is 0 Å². The third kappa shape index (κ3) is 4.75. The number of urea groups is 1. The molecule has 3 aliphatic rings. The van der Waals surface area contributed by atoms with Crippen molar-refractivity contribution in [1.29, 1.82) is 0 Å². The number of hydrogen-bond donors (Lipinski definition) is 2. The average Bonchev–Trinajstić information content (AvgIpc) is 3.38. The first kappa shape index (κ1) is 24.4. The first-order valence-corrected chi connectivity index (χ1v) is 13.0. The van der Waals surface area contributed by atoms with Crippen LogP contribution in [-0.4, -0.2) is 80.5 Å². The van der Waals surface area contributed by atoms with Crippen molar-refractivity contribution in [3.05, 3.63) is 18.2 Å². The Kier molecular flexibility index (Phi) is 7.10. The van der Waals surface area contributed by atoms with Crippen molar-refractivity contribution in [1.82, 2.24) is 14.5 Å². The maximum atomic E-state index is 13.2. The fourth-order valence-corrected chi connectivity index (χ4v) is 6.19. The predicted molar refractivity (Wildman–Crippen MR) is 122 cm³/mol. The number of ether oxygens (including phenoxy) is 2. The normalized spacial score (nSPS) is 20.6. The van der Waals surface area contributed by atoms with Crippen molar-refractivity contribution in [3.63, 3.8) is 0 Å². The fourth-order valence-electron chi connectivity index (χ4n) is 4.62. The molecule has 4 amide bonds. The van der Waals surface area contributed by atoms with Gasteiger partial charge in [0.15, 0.2) is 0 Å². The van der Waals surface area contributed by atoms with Gasteiger partial charge in [0.05, 0.1) is 19.8 Å². The SMILES string of the molecule is CCOc1ccc(NC(=O)CCN2C(=O)NC3(CCCC3)C2=O)cc1S(=O)(=O)N1CCOCC1. The van der Waals surface area contributed by atoms with Crippen LogP contribution in [0.5, 0.6) is 5.75 Å². The average molecular weight is 495 g/mol. The summed E-state index contributed by atoms with van der Waals surface area (Å²) in [5, 5.41) is 5.46. The number of carbonyl (C=O) groups is 3. The van der Waals surface area contributed by atoms with E-state index in [-0.39, 0.29) is 54.9 Å². The van der Waals surface area contributed by atoms with Crippen LogP contribution in [0.25, 0.3) is 0 Å². The number of benzene rings is 1. The minimum Gasteiger partial charge on any atom is -0.492 e. The fraction of sp³-hybridized carbons (Fsp3) is 0.591. The van der Waals surface area contributed by atoms with Crippen LogP contribution in [0.3, 0.4) is 0 Å². The lowest BCUT2D eigenvalue weighted by atomic mass is 9.98. The van der Waals surface area contributed by atoms with Crippen LogP contribution in [0.15, 0.2) is 23.1 Å². The number of nitrogens with zero attached hydrogens (tertiary/aromatic N) is 2. The summed E-state index contributed by atoms with van der Waals surface area (Å²) in [5.74, 6) is -0.511. The van der Waals surface area contributed by atoms with Gasteiger partial charge in [0.1, 0.15) is 16.2 Å². The third-order valence-electron chi connectivity index (χ3n) is 6.38. The number of amides is 4. The number of carbonyl (C=O) groups excluding carboxylic acids is 3. The van der Waals surface area contributed by atoms with Crippen LogP contribution in [0.1, 0.15) is 39.0 Å². The van der Waals surface area contributed by atoms with Crippen molar-refractivity contribution in [2.24, 2.45) is 0 Å². The summed E-state index contributed by atoms with van der Waals surface area (Å²) in [4.78, 5) is 38.7. The lowest BCUT2D eigenvalue weighted by molar-refractivity contribution is -0.131. The largest absolute Gasteiger partial charge is 0.492 e. The Hall–Kier alpha value is -2.70. The van der Waals surface area contributed by atoms with Gasteiger partial charge in [0.25, 0.3) is 5.91 Å². The van der Waals surface area contributed by atoms with Gasteiger partial charge in [-0.15, -0.1) is 0 Å². The van der Waals surface area contributed by atoms with Crippen LogP contribution < -0.4 is 15.4 Å². The smallest absolute Gasteiger partial charge is 0.325 e. The second-order valence-corrected chi connectivity index (χ2v) is 10.5. The maximum Gasteiger partial charge on any atom is 0.325 e. The Balaban J connectivity index is 1.44. The molecule has 2 aliphatic heterocycles. The van der Waals surface area contributed by atoms with Gasteiger partial charge in [-0.25, -0.2) is 13.2 Å². The molecule has 3 fully saturated rings. The predicted octanol–water partition coefficient (Wildman–Crippen LogP) is 1.30. The second kappa shape index (κ2) is 9.88. The van der Waals surface area contributed by atoms with E-state index in [0.717, 1.165) is 17.7 Å². The highest BCUT2D eigenvalue weighted by molar-refractivity contribution is 7.89. The molecule has 1 aliphatic carbocycles. The van der Waals surface area contributed by atoms with Crippen LogP contribution in [0, 0.1) is 0 Å². The molecular weight excluding hydrogens is 464 g/mol. The summed E-state index contributed by atoms with van der Waals surface area (Å²) in [6.07, 6.45) is 2.90. The van der Waals surface area contributed by atoms with Gasteiger partial charge in [0, 0.05) is 31.7 Å². The zero-order chi connectivity index (χ0) is 24.3. The number of rotatable bonds is 8. The monoisotopic (exact) mass is 494 g/mol. The lowest BCUT2D eigenvalue weighted by Crippen LogP contribution is -2.44. The van der Waals surface area contributed by atoms with Crippen molar-refractivity contribution in [3.8, 4) is 5.75 Å². The van der Waals surface area contributed by atoms with Crippen LogP contribution >= 0.6 is 0 Å². The van der Waals surface area contributed by atoms with E-state index in [9.17, 15) is 22.8 Å². The van der Waals surface area contributed by atoms with Crippen molar-refractivity contribution < 1.29 is 32.3 Å². The molecule has 12 heteroatoms. The molecule has 2 saturated heterocycles. The van der Waals surface area contributed by atoms with E-state index in [4.69, 9.17) is 9.47 Å². The molecule has 1 spiro atoms. The molecule has 1 aromatic rings. The highest BCUT2D eigenvalue weighted by atomic mass is 32.2. The zero-order valence-electron chi connectivity index (χ0n) is 19.2. The molecule has 0 bridgehead atoms. The molecule has 0 unspecified atom stereocenters. The molecule has 186 valence electrons. The summed E-state index contributed by atoms with van der Waals surface area (Å²) in [6, 6.07) is 3.96. The molecule has 34 heavy (non-hydrogen) atoms. The molecule has 0 aromatic heterocycles. The highest BCUT2D eigenvalue weighted by Gasteiger charge is 2.52. The van der Waals surface area contributed by atoms with E-state index in [1.54, 1.807) is 13.0 Å². The van der Waals surface area contributed by atoms with Crippen LogP contribution in [0.4, 0.5) is 10.5 Å². The second-order valence-electron chi connectivity index (χ2n) is 8.59. The van der Waals surface area contributed by atoms with Crippen LogP contribution in [0.2, 0.25) is 0 Å². The Morgan fingerprint density at radius 3 is 2.59 bits per heavy atom. The minimum absolute atomic E-state index is 0.0358. The van der Waals surface area contributed by atoms with Crippen molar-refractivity contribution >= 4 is 33.6 Å². The zero-order valence-corrected chi connectivity index (χ0v) is 20.0. The summed E-state index contributed by atoms with van der Waals surface area (Å²) < 4.78 is 38.5. The van der Waals surface area contributed by atoms with Gasteiger partial charge in [-0.05, 0) is 38.0 Å². The number of sulfonamides is 1. The van der Waals surface area contributed by atoms with Crippen LogP contribution in [-0.2, 0) is 24.3 Å². The maximum absolute atomic E-state index is 13.2.